The predicted molar refractivity (Wildman–Crippen MR) is 84.6 cm³/mol. The number of hydrogen-bond acceptors (Lipinski definition) is 5. The lowest BCUT2D eigenvalue weighted by molar-refractivity contribution is 0.395. The van der Waals surface area contributed by atoms with Gasteiger partial charge in [-0.15, -0.1) is 10.2 Å². The van der Waals surface area contributed by atoms with Crippen molar-refractivity contribution in [3.8, 4) is 10.6 Å². The van der Waals surface area contributed by atoms with Crippen molar-refractivity contribution in [1.82, 2.24) is 19.8 Å². The molecular formula is C15H17N5S. The molecule has 21 heavy (non-hydrogen) atoms. The molecule has 2 heterocycles. The summed E-state index contributed by atoms with van der Waals surface area (Å²) in [5.74, 6) is 1.52. The summed E-state index contributed by atoms with van der Waals surface area (Å²) in [6.45, 7) is 4.11. The largest absolute Gasteiger partial charge is 0.398 e. The number of rotatable bonds is 2. The Morgan fingerprint density at radius 2 is 2.05 bits per heavy atom. The van der Waals surface area contributed by atoms with E-state index in [9.17, 15) is 0 Å². The molecule has 108 valence electrons. The zero-order valence-electron chi connectivity index (χ0n) is 12.1. The van der Waals surface area contributed by atoms with Crippen LogP contribution in [0.3, 0.4) is 0 Å². The molecule has 0 spiro atoms. The Morgan fingerprint density at radius 3 is 2.76 bits per heavy atom. The van der Waals surface area contributed by atoms with Crippen molar-refractivity contribution in [3.05, 3.63) is 29.1 Å². The molecule has 1 aromatic carbocycles. The Kier molecular flexibility index (Phi) is 2.75. The number of aryl methyl sites for hydroxylation is 2. The summed E-state index contributed by atoms with van der Waals surface area (Å²) in [4.78, 5) is 0.852. The number of nitrogen functional groups attached to an aromatic ring is 1. The second-order valence-corrected chi connectivity index (χ2v) is 6.79. The van der Waals surface area contributed by atoms with Crippen molar-refractivity contribution in [2.75, 3.05) is 5.73 Å². The van der Waals surface area contributed by atoms with Gasteiger partial charge in [0.15, 0.2) is 5.82 Å². The second kappa shape index (κ2) is 4.53. The maximum atomic E-state index is 6.23. The third-order valence-corrected chi connectivity index (χ3v) is 5.18. The van der Waals surface area contributed by atoms with Gasteiger partial charge in [0.2, 0.25) is 4.96 Å². The molecule has 0 radical (unpaired) electrons. The Bertz CT molecular complexity index is 828. The first-order valence-electron chi connectivity index (χ1n) is 7.22. The first kappa shape index (κ1) is 12.8. The van der Waals surface area contributed by atoms with Gasteiger partial charge in [-0.2, -0.15) is 9.61 Å². The summed E-state index contributed by atoms with van der Waals surface area (Å²) in [6.07, 6.45) is 3.67. The smallest absolute Gasteiger partial charge is 0.234 e. The van der Waals surface area contributed by atoms with Crippen LogP contribution in [0.15, 0.2) is 12.1 Å². The number of hydrogen-bond donors (Lipinski definition) is 1. The Balaban J connectivity index is 1.86. The fraction of sp³-hybridized carbons (Fsp3) is 0.400. The monoisotopic (exact) mass is 299 g/mol. The van der Waals surface area contributed by atoms with Gasteiger partial charge in [0, 0.05) is 17.2 Å². The van der Waals surface area contributed by atoms with Gasteiger partial charge in [-0.1, -0.05) is 29.4 Å². The standard InChI is InChI=1S/C15H17N5S/c1-8-6-9(2)12(16)11(7-8)14-19-20-13(10-4-3-5-10)17-18-15(20)21-14/h6-7,10H,3-5,16H2,1-2H3. The lowest BCUT2D eigenvalue weighted by Crippen LogP contribution is -2.13. The molecule has 0 saturated heterocycles. The molecule has 0 bridgehead atoms. The van der Waals surface area contributed by atoms with Crippen molar-refractivity contribution in [1.29, 1.82) is 0 Å². The zero-order valence-corrected chi connectivity index (χ0v) is 12.9. The minimum atomic E-state index is 0.520. The van der Waals surface area contributed by atoms with Crippen LogP contribution in [0.1, 0.15) is 42.1 Å². The summed E-state index contributed by atoms with van der Waals surface area (Å²) in [7, 11) is 0. The van der Waals surface area contributed by atoms with Gasteiger partial charge in [-0.25, -0.2) is 0 Å². The van der Waals surface area contributed by atoms with E-state index < -0.39 is 0 Å². The van der Waals surface area contributed by atoms with E-state index in [0.717, 1.165) is 32.6 Å². The number of nitrogens with two attached hydrogens (primary N) is 1. The highest BCUT2D eigenvalue weighted by Gasteiger charge is 2.26. The van der Waals surface area contributed by atoms with Crippen LogP contribution >= 0.6 is 11.3 Å². The molecule has 5 nitrogen and oxygen atoms in total. The lowest BCUT2D eigenvalue weighted by atomic mass is 9.85. The number of fused-ring (bicyclic) bond motifs is 1. The lowest BCUT2D eigenvalue weighted by Gasteiger charge is -2.22. The highest BCUT2D eigenvalue weighted by Crippen LogP contribution is 2.37. The van der Waals surface area contributed by atoms with Crippen LogP contribution in [0.2, 0.25) is 0 Å². The van der Waals surface area contributed by atoms with Gasteiger partial charge in [0.1, 0.15) is 5.01 Å². The summed E-state index contributed by atoms with van der Waals surface area (Å²) in [5, 5.41) is 14.2. The molecule has 0 amide bonds. The molecule has 1 fully saturated rings. The topological polar surface area (TPSA) is 69.1 Å². The molecule has 0 atom stereocenters. The van der Waals surface area contributed by atoms with Crippen molar-refractivity contribution in [2.45, 2.75) is 39.0 Å². The first-order chi connectivity index (χ1) is 10.1. The number of benzene rings is 1. The number of nitrogens with zero attached hydrogens (tertiary/aromatic N) is 4. The van der Waals surface area contributed by atoms with E-state index in [1.54, 1.807) is 11.3 Å². The maximum absolute atomic E-state index is 6.23. The molecule has 0 unspecified atom stereocenters. The fourth-order valence-corrected chi connectivity index (χ4v) is 3.69. The van der Waals surface area contributed by atoms with Crippen LogP contribution in [0, 0.1) is 13.8 Å². The van der Waals surface area contributed by atoms with Crippen LogP contribution in [0.5, 0.6) is 0 Å². The Morgan fingerprint density at radius 1 is 1.24 bits per heavy atom. The molecule has 6 heteroatoms. The highest BCUT2D eigenvalue weighted by atomic mass is 32.1. The summed E-state index contributed by atoms with van der Waals surface area (Å²) >= 11 is 1.55. The molecule has 4 rings (SSSR count). The van der Waals surface area contributed by atoms with Crippen LogP contribution in [0.4, 0.5) is 5.69 Å². The molecule has 1 aliphatic rings. The average molecular weight is 299 g/mol. The maximum Gasteiger partial charge on any atom is 0.234 e. The van der Waals surface area contributed by atoms with E-state index in [0.29, 0.717) is 5.92 Å². The molecular weight excluding hydrogens is 282 g/mol. The molecule has 1 saturated carbocycles. The SMILES string of the molecule is Cc1cc(C)c(N)c(-c2nn3c(C4CCC4)nnc3s2)c1. The quantitative estimate of drug-likeness (QED) is 0.737. The van der Waals surface area contributed by atoms with Crippen LogP contribution in [0.25, 0.3) is 15.5 Å². The van der Waals surface area contributed by atoms with Crippen molar-refractivity contribution in [3.63, 3.8) is 0 Å². The Labute approximate surface area is 126 Å². The fourth-order valence-electron chi connectivity index (χ4n) is 2.82. The summed E-state index contributed by atoms with van der Waals surface area (Å²) < 4.78 is 1.90. The van der Waals surface area contributed by atoms with Crippen molar-refractivity contribution in [2.24, 2.45) is 0 Å². The molecule has 2 aromatic heterocycles. The van der Waals surface area contributed by atoms with E-state index >= 15 is 0 Å². The van der Waals surface area contributed by atoms with E-state index in [2.05, 4.69) is 29.3 Å². The third-order valence-electron chi connectivity index (χ3n) is 4.25. The van der Waals surface area contributed by atoms with E-state index in [-0.39, 0.29) is 0 Å². The predicted octanol–water partition coefficient (Wildman–Crippen LogP) is 3.32. The van der Waals surface area contributed by atoms with Gasteiger partial charge in [-0.3, -0.25) is 0 Å². The normalized spacial score (nSPS) is 15.5. The van der Waals surface area contributed by atoms with Crippen LogP contribution < -0.4 is 5.73 Å². The number of aromatic nitrogens is 4. The van der Waals surface area contributed by atoms with Crippen molar-refractivity contribution >= 4 is 22.0 Å². The van der Waals surface area contributed by atoms with E-state index in [1.165, 1.54) is 24.8 Å². The minimum Gasteiger partial charge on any atom is -0.398 e. The third kappa shape index (κ3) is 1.93. The van der Waals surface area contributed by atoms with Gasteiger partial charge >= 0.3 is 0 Å². The van der Waals surface area contributed by atoms with Crippen molar-refractivity contribution < 1.29 is 0 Å². The second-order valence-electron chi connectivity index (χ2n) is 5.83. The van der Waals surface area contributed by atoms with Gasteiger partial charge in [0.25, 0.3) is 0 Å². The molecule has 1 aliphatic carbocycles. The summed E-state index contributed by atoms with van der Waals surface area (Å²) in [6, 6.07) is 4.19. The molecule has 3 aromatic rings. The summed E-state index contributed by atoms with van der Waals surface area (Å²) in [5.41, 5.74) is 10.3. The molecule has 0 aliphatic heterocycles. The zero-order chi connectivity index (χ0) is 14.6. The first-order valence-corrected chi connectivity index (χ1v) is 8.04. The number of anilines is 1. The van der Waals surface area contributed by atoms with Gasteiger partial charge in [-0.05, 0) is 38.3 Å². The van der Waals surface area contributed by atoms with Crippen LogP contribution in [-0.2, 0) is 0 Å². The van der Waals surface area contributed by atoms with Gasteiger partial charge < -0.3 is 5.73 Å². The Hall–Kier alpha value is -1.95. The minimum absolute atomic E-state index is 0.520. The molecule has 2 N–H and O–H groups in total. The van der Waals surface area contributed by atoms with E-state index in [1.807, 2.05) is 11.4 Å². The highest BCUT2D eigenvalue weighted by molar-refractivity contribution is 7.19. The van der Waals surface area contributed by atoms with E-state index in [4.69, 9.17) is 10.8 Å². The van der Waals surface area contributed by atoms with Crippen LogP contribution in [-0.4, -0.2) is 19.8 Å². The average Bonchev–Trinajstić information content (AvgIpc) is 2.94. The van der Waals surface area contributed by atoms with Gasteiger partial charge in [0.05, 0.1) is 0 Å².